The van der Waals surface area contributed by atoms with Gasteiger partial charge in [-0.2, -0.15) is 10.2 Å². The van der Waals surface area contributed by atoms with Gasteiger partial charge in [-0.25, -0.2) is 9.36 Å². The molecule has 34 heavy (non-hydrogen) atoms. The van der Waals surface area contributed by atoms with E-state index in [1.807, 2.05) is 67.8 Å². The number of rotatable bonds is 5. The fourth-order valence-electron chi connectivity index (χ4n) is 3.61. The Morgan fingerprint density at radius 3 is 2.88 bits per heavy atom. The maximum Gasteiger partial charge on any atom is 0.262 e. The minimum Gasteiger partial charge on any atom is -0.482 e. The third-order valence-corrected chi connectivity index (χ3v) is 6.46. The zero-order chi connectivity index (χ0) is 23.7. The van der Waals surface area contributed by atoms with E-state index in [0.29, 0.717) is 23.1 Å². The number of thiazole rings is 1. The summed E-state index contributed by atoms with van der Waals surface area (Å²) in [5, 5.41) is 14.6. The van der Waals surface area contributed by atoms with Gasteiger partial charge >= 0.3 is 0 Å². The fraction of sp³-hybridized carbons (Fsp3) is 0.167. The molecule has 1 N–H and O–H groups in total. The summed E-state index contributed by atoms with van der Waals surface area (Å²) in [5.41, 5.74) is 4.70. The second-order valence-corrected chi connectivity index (χ2v) is 8.71. The lowest BCUT2D eigenvalue weighted by Gasteiger charge is -2.18. The lowest BCUT2D eigenvalue weighted by molar-refractivity contribution is -0.118. The zero-order valence-electron chi connectivity index (χ0n) is 18.5. The van der Waals surface area contributed by atoms with Crippen LogP contribution in [0.4, 0.5) is 5.69 Å². The number of anilines is 1. The minimum absolute atomic E-state index is 0.0192. The Kier molecular flexibility index (Phi) is 6.04. The third kappa shape index (κ3) is 4.15. The summed E-state index contributed by atoms with van der Waals surface area (Å²) in [4.78, 5) is 17.1. The Morgan fingerprint density at radius 1 is 1.26 bits per heavy atom. The standard InChI is InChI=1S/C24H21ClN6O2S/c1-3-26-24-31(20(14-34-24)16-9-10-21-19(11-16)28-22(32)13-33-21)27-12-18-15(2)29-30(23(18)25)17-7-5-4-6-8-17/h4-12,14H,3,13H2,1-2H3,(H,28,32). The van der Waals surface area contributed by atoms with Crippen LogP contribution in [0.15, 0.2) is 64.0 Å². The van der Waals surface area contributed by atoms with Crippen LogP contribution in [0.2, 0.25) is 5.15 Å². The van der Waals surface area contributed by atoms with Gasteiger partial charge in [0.1, 0.15) is 10.9 Å². The van der Waals surface area contributed by atoms with Crippen molar-refractivity contribution in [3.8, 4) is 22.7 Å². The molecule has 4 aromatic rings. The van der Waals surface area contributed by atoms with Crippen LogP contribution in [0.5, 0.6) is 5.75 Å². The third-order valence-electron chi connectivity index (χ3n) is 5.24. The van der Waals surface area contributed by atoms with Crippen molar-refractivity contribution in [3.63, 3.8) is 0 Å². The number of carbonyl (C=O) groups is 1. The summed E-state index contributed by atoms with van der Waals surface area (Å²) >= 11 is 8.17. The lowest BCUT2D eigenvalue weighted by Crippen LogP contribution is -2.25. The molecule has 0 aliphatic carbocycles. The van der Waals surface area contributed by atoms with Gasteiger partial charge in [0.15, 0.2) is 6.61 Å². The Bertz CT molecular complexity index is 1470. The summed E-state index contributed by atoms with van der Waals surface area (Å²) in [7, 11) is 0. The highest BCUT2D eigenvalue weighted by molar-refractivity contribution is 7.07. The topological polar surface area (TPSA) is 85.8 Å². The van der Waals surface area contributed by atoms with Gasteiger partial charge < -0.3 is 10.1 Å². The second-order valence-electron chi connectivity index (χ2n) is 7.52. The highest BCUT2D eigenvalue weighted by Crippen LogP contribution is 2.33. The maximum absolute atomic E-state index is 11.8. The molecule has 5 rings (SSSR count). The molecule has 1 aliphatic heterocycles. The molecule has 0 unspecified atom stereocenters. The SMILES string of the molecule is CCN=c1scc(-c2ccc3c(c2)NC(=O)CO3)n1N=Cc1c(C)nn(-c2ccccc2)c1Cl. The summed E-state index contributed by atoms with van der Waals surface area (Å²) in [6.07, 6.45) is 1.71. The molecular weight excluding hydrogens is 472 g/mol. The van der Waals surface area contributed by atoms with Crippen molar-refractivity contribution >= 4 is 40.7 Å². The van der Waals surface area contributed by atoms with Crippen molar-refractivity contribution in [2.24, 2.45) is 10.1 Å². The van der Waals surface area contributed by atoms with E-state index in [9.17, 15) is 4.79 Å². The Labute approximate surface area is 204 Å². The predicted octanol–water partition coefficient (Wildman–Crippen LogP) is 4.50. The van der Waals surface area contributed by atoms with Crippen LogP contribution in [-0.2, 0) is 4.79 Å². The molecule has 0 saturated carbocycles. The number of hydrogen-bond acceptors (Lipinski definition) is 6. The number of ether oxygens (including phenoxy) is 1. The number of halogens is 1. The molecule has 0 bridgehead atoms. The van der Waals surface area contributed by atoms with E-state index in [0.717, 1.165) is 33.0 Å². The Balaban J connectivity index is 1.56. The van der Waals surface area contributed by atoms with E-state index in [4.69, 9.17) is 21.4 Å². The number of aromatic nitrogens is 3. The van der Waals surface area contributed by atoms with Crippen molar-refractivity contribution in [2.75, 3.05) is 18.5 Å². The molecule has 2 aromatic heterocycles. The van der Waals surface area contributed by atoms with Crippen LogP contribution in [0.3, 0.4) is 0 Å². The predicted molar refractivity (Wildman–Crippen MR) is 134 cm³/mol. The van der Waals surface area contributed by atoms with Crippen LogP contribution in [0.25, 0.3) is 16.9 Å². The van der Waals surface area contributed by atoms with Crippen molar-refractivity contribution in [3.05, 3.63) is 75.1 Å². The first-order valence-corrected chi connectivity index (χ1v) is 11.9. The van der Waals surface area contributed by atoms with E-state index in [1.54, 1.807) is 15.6 Å². The average molecular weight is 493 g/mol. The first-order valence-electron chi connectivity index (χ1n) is 10.7. The molecule has 0 radical (unpaired) electrons. The van der Waals surface area contributed by atoms with Gasteiger partial charge in [-0.1, -0.05) is 29.8 Å². The van der Waals surface area contributed by atoms with E-state index in [1.165, 1.54) is 11.3 Å². The number of nitrogens with zero attached hydrogens (tertiary/aromatic N) is 5. The molecule has 2 aromatic carbocycles. The number of nitrogens with one attached hydrogen (secondary N) is 1. The van der Waals surface area contributed by atoms with E-state index in [2.05, 4.69) is 15.4 Å². The van der Waals surface area contributed by atoms with Crippen molar-refractivity contribution < 1.29 is 9.53 Å². The van der Waals surface area contributed by atoms with Crippen LogP contribution in [0.1, 0.15) is 18.2 Å². The molecule has 172 valence electrons. The van der Waals surface area contributed by atoms with Crippen LogP contribution in [0, 0.1) is 6.92 Å². The monoisotopic (exact) mass is 492 g/mol. The van der Waals surface area contributed by atoms with Gasteiger partial charge in [0.25, 0.3) is 5.91 Å². The normalized spacial score (nSPS) is 13.7. The number of benzene rings is 2. The van der Waals surface area contributed by atoms with E-state index in [-0.39, 0.29) is 12.5 Å². The molecule has 8 nitrogen and oxygen atoms in total. The quantitative estimate of drug-likeness (QED) is 0.416. The summed E-state index contributed by atoms with van der Waals surface area (Å²) in [6.45, 7) is 4.51. The van der Waals surface area contributed by atoms with Gasteiger partial charge in [0.2, 0.25) is 4.80 Å². The molecule has 0 spiro atoms. The van der Waals surface area contributed by atoms with Crippen LogP contribution in [-0.4, -0.2) is 39.7 Å². The fourth-order valence-corrected chi connectivity index (χ4v) is 4.83. The van der Waals surface area contributed by atoms with Gasteiger partial charge in [-0.05, 0) is 44.2 Å². The van der Waals surface area contributed by atoms with E-state index >= 15 is 0 Å². The summed E-state index contributed by atoms with van der Waals surface area (Å²) < 4.78 is 8.95. The number of para-hydroxylation sites is 1. The maximum atomic E-state index is 11.8. The first kappa shape index (κ1) is 22.1. The van der Waals surface area contributed by atoms with Crippen molar-refractivity contribution in [1.29, 1.82) is 0 Å². The van der Waals surface area contributed by atoms with Gasteiger partial charge in [-0.3, -0.25) is 9.79 Å². The lowest BCUT2D eigenvalue weighted by atomic mass is 10.1. The number of hydrogen-bond donors (Lipinski definition) is 1. The Hall–Kier alpha value is -3.69. The molecular formula is C24H21ClN6O2S. The van der Waals surface area contributed by atoms with Crippen LogP contribution < -0.4 is 14.9 Å². The summed E-state index contributed by atoms with van der Waals surface area (Å²) in [5.74, 6) is 0.464. The largest absolute Gasteiger partial charge is 0.482 e. The molecule has 0 saturated heterocycles. The molecule has 1 amide bonds. The molecule has 10 heteroatoms. The first-order chi connectivity index (χ1) is 16.5. The highest BCUT2D eigenvalue weighted by atomic mass is 35.5. The molecule has 0 fully saturated rings. The Morgan fingerprint density at radius 2 is 2.09 bits per heavy atom. The smallest absolute Gasteiger partial charge is 0.262 e. The highest BCUT2D eigenvalue weighted by Gasteiger charge is 2.18. The average Bonchev–Trinajstić information content (AvgIpc) is 3.37. The van der Waals surface area contributed by atoms with Crippen LogP contribution >= 0.6 is 22.9 Å². The van der Waals surface area contributed by atoms with Gasteiger partial charge in [0, 0.05) is 17.5 Å². The number of aryl methyl sites for hydroxylation is 1. The van der Waals surface area contributed by atoms with Gasteiger partial charge in [-0.15, -0.1) is 11.3 Å². The van der Waals surface area contributed by atoms with Crippen molar-refractivity contribution in [2.45, 2.75) is 13.8 Å². The number of carbonyl (C=O) groups excluding carboxylic acids is 1. The molecule has 3 heterocycles. The number of fused-ring (bicyclic) bond motifs is 1. The molecule has 0 atom stereocenters. The zero-order valence-corrected chi connectivity index (χ0v) is 20.1. The van der Waals surface area contributed by atoms with Gasteiger partial charge in [0.05, 0.1) is 34.5 Å². The number of amides is 1. The minimum atomic E-state index is -0.178. The van der Waals surface area contributed by atoms with E-state index < -0.39 is 0 Å². The second kappa shape index (κ2) is 9.28. The molecule has 1 aliphatic rings. The summed E-state index contributed by atoms with van der Waals surface area (Å²) in [6, 6.07) is 15.4. The van der Waals surface area contributed by atoms with Crippen molar-refractivity contribution in [1.82, 2.24) is 14.5 Å².